The predicted octanol–water partition coefficient (Wildman–Crippen LogP) is 0.666. The third kappa shape index (κ3) is 3.51. The molecule has 2 heterocycles. The second-order valence-electron chi connectivity index (χ2n) is 4.37. The van der Waals surface area contributed by atoms with E-state index in [-0.39, 0.29) is 11.9 Å². The summed E-state index contributed by atoms with van der Waals surface area (Å²) in [6.45, 7) is 3.69. The Bertz CT molecular complexity index is 420. The van der Waals surface area contributed by atoms with Crippen LogP contribution >= 0.6 is 15.9 Å². The van der Waals surface area contributed by atoms with E-state index in [9.17, 15) is 4.79 Å². The zero-order valence-electron chi connectivity index (χ0n) is 10.1. The number of nitrogens with zero attached hydrogens (tertiary/aromatic N) is 2. The maximum atomic E-state index is 11.3. The van der Waals surface area contributed by atoms with E-state index in [0.29, 0.717) is 6.42 Å². The number of halogens is 1. The molecule has 98 valence electrons. The molecule has 0 bridgehead atoms. The van der Waals surface area contributed by atoms with Crippen molar-refractivity contribution in [3.8, 4) is 0 Å². The van der Waals surface area contributed by atoms with Crippen molar-refractivity contribution in [3.05, 3.63) is 28.5 Å². The van der Waals surface area contributed by atoms with Gasteiger partial charge in [-0.1, -0.05) is 15.9 Å². The van der Waals surface area contributed by atoms with Gasteiger partial charge in [0.1, 0.15) is 0 Å². The van der Waals surface area contributed by atoms with Crippen LogP contribution in [0.1, 0.15) is 18.2 Å². The molecule has 5 nitrogen and oxygen atoms in total. The van der Waals surface area contributed by atoms with Gasteiger partial charge in [0, 0.05) is 43.3 Å². The van der Waals surface area contributed by atoms with Gasteiger partial charge in [0.25, 0.3) is 0 Å². The highest BCUT2D eigenvalue weighted by atomic mass is 79.9. The van der Waals surface area contributed by atoms with E-state index in [0.717, 1.165) is 36.3 Å². The van der Waals surface area contributed by atoms with Gasteiger partial charge in [-0.05, 0) is 12.1 Å². The normalized spacial score (nSPS) is 18.5. The Balaban J connectivity index is 2.20. The third-order valence-electron chi connectivity index (χ3n) is 3.07. The number of carbonyl (C=O) groups is 1. The Morgan fingerprint density at radius 3 is 2.89 bits per heavy atom. The average molecular weight is 313 g/mol. The van der Waals surface area contributed by atoms with E-state index in [4.69, 9.17) is 5.73 Å². The molecule has 1 aliphatic heterocycles. The minimum Gasteiger partial charge on any atom is -0.370 e. The number of aromatic nitrogens is 1. The van der Waals surface area contributed by atoms with E-state index in [1.54, 1.807) is 6.20 Å². The van der Waals surface area contributed by atoms with Crippen molar-refractivity contribution in [1.82, 2.24) is 15.2 Å². The quantitative estimate of drug-likeness (QED) is 0.857. The first kappa shape index (κ1) is 13.5. The largest absolute Gasteiger partial charge is 0.370 e. The van der Waals surface area contributed by atoms with Gasteiger partial charge in [-0.3, -0.25) is 14.7 Å². The maximum Gasteiger partial charge on any atom is 0.219 e. The van der Waals surface area contributed by atoms with Crippen LogP contribution in [0.5, 0.6) is 0 Å². The lowest BCUT2D eigenvalue weighted by Gasteiger charge is -2.34. The molecule has 18 heavy (non-hydrogen) atoms. The lowest BCUT2D eigenvalue weighted by molar-refractivity contribution is -0.119. The number of nitrogens with two attached hydrogens (primary N) is 1. The molecule has 1 fully saturated rings. The van der Waals surface area contributed by atoms with E-state index < -0.39 is 0 Å². The Morgan fingerprint density at radius 2 is 2.28 bits per heavy atom. The molecule has 2 rings (SSSR count). The number of carbonyl (C=O) groups excluding carboxylic acids is 1. The van der Waals surface area contributed by atoms with Gasteiger partial charge in [0.15, 0.2) is 0 Å². The summed E-state index contributed by atoms with van der Waals surface area (Å²) >= 11 is 3.43. The van der Waals surface area contributed by atoms with Crippen molar-refractivity contribution in [3.63, 3.8) is 0 Å². The first-order valence-corrected chi connectivity index (χ1v) is 6.80. The van der Waals surface area contributed by atoms with Crippen molar-refractivity contribution in [2.45, 2.75) is 12.5 Å². The highest BCUT2D eigenvalue weighted by Crippen LogP contribution is 2.24. The van der Waals surface area contributed by atoms with Gasteiger partial charge < -0.3 is 11.1 Å². The number of nitrogens with one attached hydrogen (secondary N) is 1. The van der Waals surface area contributed by atoms with Crippen LogP contribution in [0.4, 0.5) is 0 Å². The Morgan fingerprint density at radius 1 is 1.56 bits per heavy atom. The number of hydrogen-bond donors (Lipinski definition) is 2. The highest BCUT2D eigenvalue weighted by Gasteiger charge is 2.24. The molecule has 0 spiro atoms. The Hall–Kier alpha value is -0.980. The Kier molecular flexibility index (Phi) is 4.68. The lowest BCUT2D eigenvalue weighted by Crippen LogP contribution is -2.46. The fourth-order valence-corrected chi connectivity index (χ4v) is 2.56. The second kappa shape index (κ2) is 6.26. The first-order chi connectivity index (χ1) is 8.66. The molecule has 1 atom stereocenters. The molecule has 1 aromatic heterocycles. The van der Waals surface area contributed by atoms with E-state index >= 15 is 0 Å². The fraction of sp³-hybridized carbons (Fsp3) is 0.500. The summed E-state index contributed by atoms with van der Waals surface area (Å²) in [7, 11) is 0. The first-order valence-electron chi connectivity index (χ1n) is 6.01. The van der Waals surface area contributed by atoms with Crippen molar-refractivity contribution in [1.29, 1.82) is 0 Å². The van der Waals surface area contributed by atoms with Crippen LogP contribution in [0, 0.1) is 0 Å². The van der Waals surface area contributed by atoms with Gasteiger partial charge in [-0.2, -0.15) is 0 Å². The minimum atomic E-state index is -0.291. The molecule has 1 aliphatic rings. The zero-order valence-corrected chi connectivity index (χ0v) is 11.7. The van der Waals surface area contributed by atoms with Crippen LogP contribution in [-0.2, 0) is 4.79 Å². The van der Waals surface area contributed by atoms with Crippen molar-refractivity contribution in [2.75, 3.05) is 26.2 Å². The number of rotatable bonds is 4. The smallest absolute Gasteiger partial charge is 0.219 e. The van der Waals surface area contributed by atoms with Gasteiger partial charge in [-0.25, -0.2) is 0 Å². The number of piperazine rings is 1. The summed E-state index contributed by atoms with van der Waals surface area (Å²) in [5.41, 5.74) is 6.25. The number of hydrogen-bond acceptors (Lipinski definition) is 4. The number of amides is 1. The molecular formula is C12H17BrN4O. The van der Waals surface area contributed by atoms with Crippen LogP contribution in [0.15, 0.2) is 22.8 Å². The third-order valence-corrected chi connectivity index (χ3v) is 3.56. The van der Waals surface area contributed by atoms with Gasteiger partial charge in [0.05, 0.1) is 11.7 Å². The molecule has 0 saturated carbocycles. The summed E-state index contributed by atoms with van der Waals surface area (Å²) in [6, 6.07) is 3.81. The second-order valence-corrected chi connectivity index (χ2v) is 5.29. The standard InChI is InChI=1S/C12H17BrN4O/c13-9-1-2-16-10(7-9)11(8-12(14)18)17-5-3-15-4-6-17/h1-2,7,11,15H,3-6,8H2,(H2,14,18). The summed E-state index contributed by atoms with van der Waals surface area (Å²) < 4.78 is 0.970. The maximum absolute atomic E-state index is 11.3. The average Bonchev–Trinajstić information content (AvgIpc) is 2.37. The molecule has 6 heteroatoms. The molecule has 1 saturated heterocycles. The van der Waals surface area contributed by atoms with Gasteiger partial charge >= 0.3 is 0 Å². The molecule has 0 aliphatic carbocycles. The summed E-state index contributed by atoms with van der Waals surface area (Å²) in [5, 5.41) is 3.30. The van der Waals surface area contributed by atoms with Crippen LogP contribution in [-0.4, -0.2) is 42.0 Å². The van der Waals surface area contributed by atoms with Crippen LogP contribution in [0.2, 0.25) is 0 Å². The summed E-state index contributed by atoms with van der Waals surface area (Å²) in [6.07, 6.45) is 2.05. The molecule has 1 aromatic rings. The zero-order chi connectivity index (χ0) is 13.0. The minimum absolute atomic E-state index is 0.0258. The highest BCUT2D eigenvalue weighted by molar-refractivity contribution is 9.10. The lowest BCUT2D eigenvalue weighted by atomic mass is 10.1. The van der Waals surface area contributed by atoms with Crippen molar-refractivity contribution in [2.24, 2.45) is 5.73 Å². The predicted molar refractivity (Wildman–Crippen MR) is 72.9 cm³/mol. The fourth-order valence-electron chi connectivity index (χ4n) is 2.21. The monoisotopic (exact) mass is 312 g/mol. The number of primary amides is 1. The molecule has 0 aromatic carbocycles. The van der Waals surface area contributed by atoms with Crippen LogP contribution in [0.3, 0.4) is 0 Å². The van der Waals surface area contributed by atoms with E-state index in [1.165, 1.54) is 0 Å². The van der Waals surface area contributed by atoms with E-state index in [2.05, 4.69) is 31.1 Å². The van der Waals surface area contributed by atoms with Crippen LogP contribution < -0.4 is 11.1 Å². The SMILES string of the molecule is NC(=O)CC(c1cc(Br)ccn1)N1CCNCC1. The van der Waals surface area contributed by atoms with Crippen molar-refractivity contribution < 1.29 is 4.79 Å². The van der Waals surface area contributed by atoms with Crippen molar-refractivity contribution >= 4 is 21.8 Å². The van der Waals surface area contributed by atoms with Crippen LogP contribution in [0.25, 0.3) is 0 Å². The molecular weight excluding hydrogens is 296 g/mol. The molecule has 0 radical (unpaired) electrons. The summed E-state index contributed by atoms with van der Waals surface area (Å²) in [4.78, 5) is 17.9. The Labute approximate surface area is 115 Å². The molecule has 3 N–H and O–H groups in total. The van der Waals surface area contributed by atoms with E-state index in [1.807, 2.05) is 12.1 Å². The van der Waals surface area contributed by atoms with Gasteiger partial charge in [-0.15, -0.1) is 0 Å². The topological polar surface area (TPSA) is 71.2 Å². The summed E-state index contributed by atoms with van der Waals surface area (Å²) in [5.74, 6) is -0.291. The number of pyridine rings is 1. The molecule has 1 amide bonds. The van der Waals surface area contributed by atoms with Gasteiger partial charge in [0.2, 0.25) is 5.91 Å². The molecule has 1 unspecified atom stereocenters.